The van der Waals surface area contributed by atoms with Crippen LogP contribution >= 0.6 is 23.2 Å². The van der Waals surface area contributed by atoms with E-state index in [2.05, 4.69) is 5.32 Å². The molecule has 2 rings (SSSR count). The highest BCUT2D eigenvalue weighted by Crippen LogP contribution is 2.29. The van der Waals surface area contributed by atoms with E-state index in [9.17, 15) is 14.5 Å². The molecule has 1 N–H and O–H groups in total. The number of nitro benzene ring substituents is 1. The van der Waals surface area contributed by atoms with Gasteiger partial charge >= 0.3 is 0 Å². The van der Waals surface area contributed by atoms with Crippen LogP contribution in [-0.2, 0) is 0 Å². The third kappa shape index (κ3) is 3.33. The van der Waals surface area contributed by atoms with Gasteiger partial charge in [-0.15, -0.1) is 0 Å². The molecular weight excluding hydrogens is 294 g/mol. The molecule has 0 aliphatic heterocycles. The second-order valence-electron chi connectivity index (χ2n) is 3.70. The normalized spacial score (nSPS) is 10.3. The van der Waals surface area contributed by atoms with Crippen molar-refractivity contribution in [2.45, 2.75) is 0 Å². The molecule has 0 amide bonds. The van der Waals surface area contributed by atoms with E-state index in [0.717, 1.165) is 12.1 Å². The molecule has 0 aliphatic carbocycles. The van der Waals surface area contributed by atoms with Crippen molar-refractivity contribution in [1.82, 2.24) is 0 Å². The lowest BCUT2D eigenvalue weighted by atomic mass is 10.2. The van der Waals surface area contributed by atoms with Crippen LogP contribution in [0.4, 0.5) is 21.5 Å². The Morgan fingerprint density at radius 3 is 2.53 bits per heavy atom. The summed E-state index contributed by atoms with van der Waals surface area (Å²) >= 11 is 11.7. The van der Waals surface area contributed by atoms with Crippen molar-refractivity contribution in [1.29, 1.82) is 0 Å². The summed E-state index contributed by atoms with van der Waals surface area (Å²) in [6.07, 6.45) is 0. The lowest BCUT2D eigenvalue weighted by Gasteiger charge is -2.08. The van der Waals surface area contributed by atoms with Crippen LogP contribution in [0, 0.1) is 15.9 Å². The molecule has 19 heavy (non-hydrogen) atoms. The Kier molecular flexibility index (Phi) is 3.87. The molecule has 7 heteroatoms. The van der Waals surface area contributed by atoms with Crippen LogP contribution in [0.25, 0.3) is 0 Å². The lowest BCUT2D eigenvalue weighted by Crippen LogP contribution is -1.95. The molecule has 0 spiro atoms. The summed E-state index contributed by atoms with van der Waals surface area (Å²) in [4.78, 5) is 9.97. The van der Waals surface area contributed by atoms with Gasteiger partial charge < -0.3 is 5.32 Å². The number of nitrogens with one attached hydrogen (secondary N) is 1. The number of halogens is 3. The molecular formula is C12H7Cl2FN2O2. The molecule has 0 heterocycles. The van der Waals surface area contributed by atoms with Crippen LogP contribution < -0.4 is 5.32 Å². The average molecular weight is 301 g/mol. The summed E-state index contributed by atoms with van der Waals surface area (Å²) in [5, 5.41) is 14.2. The van der Waals surface area contributed by atoms with Gasteiger partial charge in [0.1, 0.15) is 5.82 Å². The van der Waals surface area contributed by atoms with Crippen molar-refractivity contribution in [2.75, 3.05) is 5.32 Å². The maximum absolute atomic E-state index is 13.3. The van der Waals surface area contributed by atoms with E-state index in [1.54, 1.807) is 12.1 Å². The van der Waals surface area contributed by atoms with Gasteiger partial charge in [0.15, 0.2) is 0 Å². The van der Waals surface area contributed by atoms with Crippen molar-refractivity contribution >= 4 is 40.3 Å². The first kappa shape index (κ1) is 13.6. The van der Waals surface area contributed by atoms with Crippen LogP contribution in [0.1, 0.15) is 0 Å². The van der Waals surface area contributed by atoms with Gasteiger partial charge in [0.05, 0.1) is 21.7 Å². The molecule has 2 aromatic rings. The van der Waals surface area contributed by atoms with Gasteiger partial charge in [0, 0.05) is 16.8 Å². The van der Waals surface area contributed by atoms with Crippen LogP contribution in [0.15, 0.2) is 36.4 Å². The number of non-ortho nitro benzene ring substituents is 1. The van der Waals surface area contributed by atoms with Gasteiger partial charge in [-0.25, -0.2) is 4.39 Å². The van der Waals surface area contributed by atoms with E-state index in [1.807, 2.05) is 0 Å². The van der Waals surface area contributed by atoms with E-state index in [4.69, 9.17) is 23.2 Å². The first-order valence-electron chi connectivity index (χ1n) is 5.13. The van der Waals surface area contributed by atoms with Crippen molar-refractivity contribution in [3.05, 3.63) is 62.4 Å². The quantitative estimate of drug-likeness (QED) is 0.655. The molecule has 0 saturated carbocycles. The van der Waals surface area contributed by atoms with Crippen molar-refractivity contribution < 1.29 is 9.31 Å². The minimum atomic E-state index is -0.707. The number of benzene rings is 2. The number of nitro groups is 1. The summed E-state index contributed by atoms with van der Waals surface area (Å²) < 4.78 is 13.3. The highest BCUT2D eigenvalue weighted by molar-refractivity contribution is 6.36. The number of hydrogen-bond acceptors (Lipinski definition) is 3. The molecule has 0 atom stereocenters. The maximum Gasteiger partial charge on any atom is 0.274 e. The zero-order valence-electron chi connectivity index (χ0n) is 9.36. The zero-order chi connectivity index (χ0) is 14.0. The van der Waals surface area contributed by atoms with Crippen molar-refractivity contribution in [2.24, 2.45) is 0 Å². The fraction of sp³-hybridized carbons (Fsp3) is 0. The Hall–Kier alpha value is -1.85. The van der Waals surface area contributed by atoms with Gasteiger partial charge in [0.2, 0.25) is 0 Å². The number of anilines is 2. The van der Waals surface area contributed by atoms with Gasteiger partial charge in [-0.2, -0.15) is 0 Å². The molecule has 0 fully saturated rings. The number of hydrogen-bond donors (Lipinski definition) is 1. The maximum atomic E-state index is 13.3. The molecule has 0 aromatic heterocycles. The Balaban J connectivity index is 2.35. The summed E-state index contributed by atoms with van der Waals surface area (Å²) in [6.45, 7) is 0. The standard InChI is InChI=1S/C12H7Cl2FN2O2/c13-7-1-2-12(11(14)3-7)16-9-4-8(15)5-10(6-9)17(18)19/h1-6,16H. The third-order valence-corrected chi connectivity index (χ3v) is 2.85. The third-order valence-electron chi connectivity index (χ3n) is 2.30. The summed E-state index contributed by atoms with van der Waals surface area (Å²) in [5.74, 6) is -0.707. The van der Waals surface area contributed by atoms with E-state index < -0.39 is 10.7 Å². The molecule has 0 radical (unpaired) electrons. The molecule has 2 aromatic carbocycles. The zero-order valence-corrected chi connectivity index (χ0v) is 10.9. The Bertz CT molecular complexity index is 650. The predicted octanol–water partition coefficient (Wildman–Crippen LogP) is 4.78. The molecule has 0 bridgehead atoms. The largest absolute Gasteiger partial charge is 0.354 e. The Morgan fingerprint density at radius 2 is 1.89 bits per heavy atom. The Labute approximate surface area is 117 Å². The van der Waals surface area contributed by atoms with E-state index in [1.165, 1.54) is 12.1 Å². The van der Waals surface area contributed by atoms with Gasteiger partial charge in [-0.05, 0) is 24.3 Å². The summed E-state index contributed by atoms with van der Waals surface area (Å²) in [6, 6.07) is 7.91. The molecule has 4 nitrogen and oxygen atoms in total. The van der Waals surface area contributed by atoms with Gasteiger partial charge in [0.25, 0.3) is 5.69 Å². The van der Waals surface area contributed by atoms with Crippen LogP contribution in [0.2, 0.25) is 10.0 Å². The fourth-order valence-corrected chi connectivity index (χ4v) is 1.95. The number of rotatable bonds is 3. The predicted molar refractivity (Wildman–Crippen MR) is 72.8 cm³/mol. The van der Waals surface area contributed by atoms with Crippen LogP contribution in [-0.4, -0.2) is 4.92 Å². The highest BCUT2D eigenvalue weighted by atomic mass is 35.5. The summed E-state index contributed by atoms with van der Waals surface area (Å²) in [7, 11) is 0. The molecule has 0 unspecified atom stereocenters. The minimum Gasteiger partial charge on any atom is -0.354 e. The van der Waals surface area contributed by atoms with E-state index in [0.29, 0.717) is 15.7 Å². The average Bonchev–Trinajstić information content (AvgIpc) is 2.32. The Morgan fingerprint density at radius 1 is 1.16 bits per heavy atom. The van der Waals surface area contributed by atoms with Crippen molar-refractivity contribution in [3.63, 3.8) is 0 Å². The van der Waals surface area contributed by atoms with Gasteiger partial charge in [-0.1, -0.05) is 23.2 Å². The summed E-state index contributed by atoms with van der Waals surface area (Å²) in [5.41, 5.74) is 0.370. The number of nitrogens with zero attached hydrogens (tertiary/aromatic N) is 1. The van der Waals surface area contributed by atoms with E-state index in [-0.39, 0.29) is 11.4 Å². The van der Waals surface area contributed by atoms with Crippen molar-refractivity contribution in [3.8, 4) is 0 Å². The SMILES string of the molecule is O=[N+]([O-])c1cc(F)cc(Nc2ccc(Cl)cc2Cl)c1. The first-order valence-corrected chi connectivity index (χ1v) is 5.88. The smallest absolute Gasteiger partial charge is 0.274 e. The monoisotopic (exact) mass is 300 g/mol. The topological polar surface area (TPSA) is 55.2 Å². The van der Waals surface area contributed by atoms with E-state index >= 15 is 0 Å². The fourth-order valence-electron chi connectivity index (χ4n) is 1.50. The van der Waals surface area contributed by atoms with Crippen LogP contribution in [0.3, 0.4) is 0 Å². The highest BCUT2D eigenvalue weighted by Gasteiger charge is 2.10. The second-order valence-corrected chi connectivity index (χ2v) is 4.55. The first-order chi connectivity index (χ1) is 8.95. The lowest BCUT2D eigenvalue weighted by molar-refractivity contribution is -0.385. The molecule has 0 saturated heterocycles. The van der Waals surface area contributed by atoms with Gasteiger partial charge in [-0.3, -0.25) is 10.1 Å². The minimum absolute atomic E-state index is 0.232. The van der Waals surface area contributed by atoms with Crippen LogP contribution in [0.5, 0.6) is 0 Å². The molecule has 98 valence electrons. The second kappa shape index (κ2) is 5.42. The molecule has 0 aliphatic rings.